The number of benzene rings is 3. The summed E-state index contributed by atoms with van der Waals surface area (Å²) in [5, 5.41) is 9.94. The van der Waals surface area contributed by atoms with Crippen LogP contribution in [0, 0.1) is 28.8 Å². The molecule has 0 spiro atoms. The maximum Gasteiger partial charge on any atom is 0.159 e. The van der Waals surface area contributed by atoms with E-state index in [4.69, 9.17) is 5.26 Å². The number of nitriles is 1. The Morgan fingerprint density at radius 2 is 1.58 bits per heavy atom. The molecule has 154 valence electrons. The van der Waals surface area contributed by atoms with Crippen LogP contribution < -0.4 is 0 Å². The lowest BCUT2D eigenvalue weighted by Crippen LogP contribution is -1.99. The molecule has 4 rings (SSSR count). The minimum atomic E-state index is -0.904. The van der Waals surface area contributed by atoms with Gasteiger partial charge < -0.3 is 0 Å². The standard InChI is InChI=1S/C25H18F3N3/c1-2-15-13-30-25(31-14-15)19-7-8-20-18(11-19)6-5-17(24(20)28)4-3-16-9-22(26)21(12-29)23(27)10-16/h5-11,13-14H,2-4H2,1H3. The first-order chi connectivity index (χ1) is 15.0. The van der Waals surface area contributed by atoms with Crippen molar-refractivity contribution in [2.24, 2.45) is 0 Å². The van der Waals surface area contributed by atoms with Crippen molar-refractivity contribution in [3.05, 3.63) is 94.6 Å². The fourth-order valence-corrected chi connectivity index (χ4v) is 3.51. The number of hydrogen-bond donors (Lipinski definition) is 0. The average Bonchev–Trinajstić information content (AvgIpc) is 2.78. The first kappa shape index (κ1) is 20.5. The molecule has 1 aromatic heterocycles. The van der Waals surface area contributed by atoms with Crippen molar-refractivity contribution in [1.29, 1.82) is 5.26 Å². The molecule has 4 aromatic rings. The summed E-state index contributed by atoms with van der Waals surface area (Å²) < 4.78 is 42.7. The molecule has 0 aliphatic carbocycles. The van der Waals surface area contributed by atoms with E-state index in [2.05, 4.69) is 9.97 Å². The molecule has 31 heavy (non-hydrogen) atoms. The predicted octanol–water partition coefficient (Wildman–Crippen LogP) is 5.93. The van der Waals surface area contributed by atoms with Crippen LogP contribution in [0.2, 0.25) is 0 Å². The zero-order chi connectivity index (χ0) is 22.0. The van der Waals surface area contributed by atoms with Gasteiger partial charge in [0.05, 0.1) is 0 Å². The van der Waals surface area contributed by atoms with Crippen LogP contribution in [0.5, 0.6) is 0 Å². The number of fused-ring (bicyclic) bond motifs is 1. The average molecular weight is 417 g/mol. The van der Waals surface area contributed by atoms with Gasteiger partial charge in [-0.2, -0.15) is 5.26 Å². The zero-order valence-corrected chi connectivity index (χ0v) is 16.8. The molecule has 0 amide bonds. The smallest absolute Gasteiger partial charge is 0.159 e. The molecule has 0 saturated heterocycles. The first-order valence-electron chi connectivity index (χ1n) is 9.90. The normalized spacial score (nSPS) is 10.9. The van der Waals surface area contributed by atoms with Crippen molar-refractivity contribution >= 4 is 10.8 Å². The fraction of sp³-hybridized carbons (Fsp3) is 0.160. The summed E-state index contributed by atoms with van der Waals surface area (Å²) >= 11 is 0. The van der Waals surface area contributed by atoms with Crippen LogP contribution in [0.3, 0.4) is 0 Å². The van der Waals surface area contributed by atoms with Crippen molar-refractivity contribution in [3.8, 4) is 17.5 Å². The van der Waals surface area contributed by atoms with E-state index in [0.29, 0.717) is 22.3 Å². The number of aryl methyl sites for hydroxylation is 3. The highest BCUT2D eigenvalue weighted by Crippen LogP contribution is 2.27. The topological polar surface area (TPSA) is 49.6 Å². The molecule has 3 aromatic carbocycles. The number of nitrogens with zero attached hydrogens (tertiary/aromatic N) is 3. The number of aromatic nitrogens is 2. The van der Waals surface area contributed by atoms with Gasteiger partial charge in [-0.05, 0) is 59.5 Å². The lowest BCUT2D eigenvalue weighted by Gasteiger charge is -2.09. The molecule has 0 bridgehead atoms. The number of hydrogen-bond acceptors (Lipinski definition) is 3. The van der Waals surface area contributed by atoms with Crippen molar-refractivity contribution in [1.82, 2.24) is 9.97 Å². The molecule has 3 nitrogen and oxygen atoms in total. The maximum absolute atomic E-state index is 15.1. The molecule has 0 fully saturated rings. The van der Waals surface area contributed by atoms with Gasteiger partial charge in [-0.25, -0.2) is 23.1 Å². The molecule has 0 atom stereocenters. The van der Waals surface area contributed by atoms with Crippen LogP contribution in [0.15, 0.2) is 54.9 Å². The molecule has 0 N–H and O–H groups in total. The highest BCUT2D eigenvalue weighted by molar-refractivity contribution is 5.87. The fourth-order valence-electron chi connectivity index (χ4n) is 3.51. The minimum Gasteiger partial charge on any atom is -0.236 e. The quantitative estimate of drug-likeness (QED) is 0.404. The van der Waals surface area contributed by atoms with Gasteiger partial charge in [-0.1, -0.05) is 31.2 Å². The first-order valence-corrected chi connectivity index (χ1v) is 9.90. The van der Waals surface area contributed by atoms with Gasteiger partial charge in [0.2, 0.25) is 0 Å². The minimum absolute atomic E-state index is 0.248. The summed E-state index contributed by atoms with van der Waals surface area (Å²) in [4.78, 5) is 8.74. The van der Waals surface area contributed by atoms with Gasteiger partial charge in [-0.3, -0.25) is 0 Å². The van der Waals surface area contributed by atoms with Crippen LogP contribution in [0.25, 0.3) is 22.2 Å². The van der Waals surface area contributed by atoms with Crippen molar-refractivity contribution < 1.29 is 13.2 Å². The third-order valence-electron chi connectivity index (χ3n) is 5.30. The zero-order valence-electron chi connectivity index (χ0n) is 16.8. The third kappa shape index (κ3) is 4.13. The second kappa shape index (κ2) is 8.57. The summed E-state index contributed by atoms with van der Waals surface area (Å²) in [5.74, 6) is -1.59. The Morgan fingerprint density at radius 3 is 2.23 bits per heavy atom. The van der Waals surface area contributed by atoms with Crippen LogP contribution in [-0.4, -0.2) is 9.97 Å². The van der Waals surface area contributed by atoms with E-state index in [9.17, 15) is 8.78 Å². The Labute approximate surface area is 177 Å². The van der Waals surface area contributed by atoms with Gasteiger partial charge in [0.1, 0.15) is 29.1 Å². The largest absolute Gasteiger partial charge is 0.236 e. The molecular formula is C25H18F3N3. The Kier molecular flexibility index (Phi) is 5.68. The van der Waals surface area contributed by atoms with Crippen LogP contribution in [0.1, 0.15) is 29.2 Å². The lowest BCUT2D eigenvalue weighted by atomic mass is 9.98. The second-order valence-corrected chi connectivity index (χ2v) is 7.29. The molecule has 0 unspecified atom stereocenters. The summed E-state index contributed by atoms with van der Waals surface area (Å²) in [6, 6.07) is 12.6. The van der Waals surface area contributed by atoms with Crippen molar-refractivity contribution in [3.63, 3.8) is 0 Å². The highest BCUT2D eigenvalue weighted by atomic mass is 19.1. The monoisotopic (exact) mass is 417 g/mol. The van der Waals surface area contributed by atoms with E-state index in [0.717, 1.165) is 35.1 Å². The second-order valence-electron chi connectivity index (χ2n) is 7.29. The summed E-state index contributed by atoms with van der Waals surface area (Å²) in [6.45, 7) is 2.03. The number of halogens is 3. The molecule has 6 heteroatoms. The third-order valence-corrected chi connectivity index (χ3v) is 5.30. The van der Waals surface area contributed by atoms with Gasteiger partial charge in [-0.15, -0.1) is 0 Å². The summed E-state index contributed by atoms with van der Waals surface area (Å²) in [6.07, 6.45) is 4.94. The Balaban J connectivity index is 1.59. The van der Waals surface area contributed by atoms with Crippen LogP contribution >= 0.6 is 0 Å². The molecule has 1 heterocycles. The molecule has 0 aliphatic rings. The van der Waals surface area contributed by atoms with Crippen LogP contribution in [-0.2, 0) is 19.3 Å². The Bertz CT molecular complexity index is 1290. The molecule has 0 saturated carbocycles. The van der Waals surface area contributed by atoms with Gasteiger partial charge in [0.15, 0.2) is 5.82 Å². The van der Waals surface area contributed by atoms with E-state index in [1.165, 1.54) is 6.07 Å². The SMILES string of the molecule is CCc1cnc(-c2ccc3c(F)c(CCc4cc(F)c(C#N)c(F)c4)ccc3c2)nc1. The summed E-state index contributed by atoms with van der Waals surface area (Å²) in [5.41, 5.74) is 2.06. The summed E-state index contributed by atoms with van der Waals surface area (Å²) in [7, 11) is 0. The van der Waals surface area contributed by atoms with E-state index < -0.39 is 17.2 Å². The van der Waals surface area contributed by atoms with E-state index in [1.807, 2.05) is 19.1 Å². The van der Waals surface area contributed by atoms with E-state index >= 15 is 4.39 Å². The van der Waals surface area contributed by atoms with Gasteiger partial charge in [0.25, 0.3) is 0 Å². The molecule has 0 aliphatic heterocycles. The van der Waals surface area contributed by atoms with Crippen LogP contribution in [0.4, 0.5) is 13.2 Å². The van der Waals surface area contributed by atoms with Gasteiger partial charge >= 0.3 is 0 Å². The van der Waals surface area contributed by atoms with Crippen molar-refractivity contribution in [2.45, 2.75) is 26.2 Å². The number of rotatable bonds is 5. The Hall–Kier alpha value is -3.72. The highest BCUT2D eigenvalue weighted by Gasteiger charge is 2.13. The Morgan fingerprint density at radius 1 is 0.871 bits per heavy atom. The van der Waals surface area contributed by atoms with Gasteiger partial charge in [0, 0.05) is 23.3 Å². The molecular weight excluding hydrogens is 399 g/mol. The predicted molar refractivity (Wildman–Crippen MR) is 113 cm³/mol. The van der Waals surface area contributed by atoms with E-state index in [1.54, 1.807) is 30.6 Å². The maximum atomic E-state index is 15.1. The lowest BCUT2D eigenvalue weighted by molar-refractivity contribution is 0.572. The van der Waals surface area contributed by atoms with Crippen molar-refractivity contribution in [2.75, 3.05) is 0 Å². The van der Waals surface area contributed by atoms with E-state index in [-0.39, 0.29) is 18.7 Å². The molecule has 0 radical (unpaired) electrons.